The summed E-state index contributed by atoms with van der Waals surface area (Å²) < 4.78 is 36.9. The van der Waals surface area contributed by atoms with Crippen molar-refractivity contribution in [3.05, 3.63) is 15.6 Å². The average Bonchev–Trinajstić information content (AvgIpc) is 2.48. The lowest BCUT2D eigenvalue weighted by Gasteiger charge is -2.15. The van der Waals surface area contributed by atoms with Crippen LogP contribution in [0.5, 0.6) is 0 Å². The third kappa shape index (κ3) is 1.64. The normalized spacial score (nSPS) is 22.1. The molecular weight excluding hydrogens is 213 g/mol. The third-order valence-electron chi connectivity index (χ3n) is 2.24. The monoisotopic (exact) mass is 222 g/mol. The fourth-order valence-corrected chi connectivity index (χ4v) is 2.61. The van der Waals surface area contributed by atoms with Gasteiger partial charge < -0.3 is 5.73 Å². The van der Waals surface area contributed by atoms with Crippen molar-refractivity contribution in [2.75, 3.05) is 0 Å². The molecule has 1 aromatic heterocycles. The van der Waals surface area contributed by atoms with E-state index in [1.165, 1.54) is 0 Å². The van der Waals surface area contributed by atoms with Gasteiger partial charge in [-0.3, -0.25) is 0 Å². The van der Waals surface area contributed by atoms with E-state index in [1.807, 2.05) is 0 Å². The van der Waals surface area contributed by atoms with E-state index in [9.17, 15) is 13.2 Å². The number of nitrogens with two attached hydrogens (primary N) is 1. The first kappa shape index (κ1) is 9.92. The van der Waals surface area contributed by atoms with Crippen molar-refractivity contribution >= 4 is 11.3 Å². The van der Waals surface area contributed by atoms with Crippen molar-refractivity contribution < 1.29 is 13.2 Å². The summed E-state index contributed by atoms with van der Waals surface area (Å²) in [6.07, 6.45) is -2.07. The maximum atomic E-state index is 12.3. The number of aromatic nitrogens is 1. The molecule has 6 heteroatoms. The van der Waals surface area contributed by atoms with E-state index in [2.05, 4.69) is 4.98 Å². The van der Waals surface area contributed by atoms with Gasteiger partial charge in [0.05, 0.1) is 5.69 Å². The number of rotatable bonds is 0. The molecule has 2 N–H and O–H groups in total. The van der Waals surface area contributed by atoms with Crippen LogP contribution in [0.3, 0.4) is 0 Å². The van der Waals surface area contributed by atoms with Gasteiger partial charge in [-0.05, 0) is 19.3 Å². The van der Waals surface area contributed by atoms with Crippen LogP contribution in [-0.2, 0) is 12.6 Å². The van der Waals surface area contributed by atoms with Crippen LogP contribution in [0.2, 0.25) is 0 Å². The Kier molecular flexibility index (Phi) is 2.27. The summed E-state index contributed by atoms with van der Waals surface area (Å²) in [5.74, 6) is 0. The van der Waals surface area contributed by atoms with E-state index >= 15 is 0 Å². The first-order valence-corrected chi connectivity index (χ1v) is 5.12. The number of halogens is 3. The number of aryl methyl sites for hydroxylation is 1. The zero-order valence-electron chi connectivity index (χ0n) is 7.27. The molecule has 1 heterocycles. The fourth-order valence-electron chi connectivity index (χ4n) is 1.57. The summed E-state index contributed by atoms with van der Waals surface area (Å²) in [7, 11) is 0. The molecule has 0 aromatic carbocycles. The Balaban J connectivity index is 2.40. The van der Waals surface area contributed by atoms with Crippen LogP contribution in [-0.4, -0.2) is 4.98 Å². The van der Waals surface area contributed by atoms with Crippen molar-refractivity contribution in [1.29, 1.82) is 0 Å². The molecule has 2 rings (SSSR count). The number of alkyl halides is 3. The van der Waals surface area contributed by atoms with Gasteiger partial charge in [0, 0.05) is 10.9 Å². The van der Waals surface area contributed by atoms with Crippen LogP contribution in [0.4, 0.5) is 13.2 Å². The van der Waals surface area contributed by atoms with E-state index in [4.69, 9.17) is 5.73 Å². The van der Waals surface area contributed by atoms with Crippen molar-refractivity contribution in [3.8, 4) is 0 Å². The molecule has 2 nitrogen and oxygen atoms in total. The molecule has 78 valence electrons. The van der Waals surface area contributed by atoms with Crippen molar-refractivity contribution in [1.82, 2.24) is 4.98 Å². The zero-order chi connectivity index (χ0) is 10.3. The summed E-state index contributed by atoms with van der Waals surface area (Å²) in [6, 6.07) is -0.314. The van der Waals surface area contributed by atoms with E-state index in [0.29, 0.717) is 17.0 Å². The largest absolute Gasteiger partial charge is 0.443 e. The highest BCUT2D eigenvalue weighted by atomic mass is 32.1. The molecule has 14 heavy (non-hydrogen) atoms. The minimum Gasteiger partial charge on any atom is -0.323 e. The molecule has 0 radical (unpaired) electrons. The maximum absolute atomic E-state index is 12.3. The van der Waals surface area contributed by atoms with Crippen LogP contribution in [0.25, 0.3) is 0 Å². The third-order valence-corrected chi connectivity index (χ3v) is 3.42. The van der Waals surface area contributed by atoms with Gasteiger partial charge in [0.1, 0.15) is 0 Å². The summed E-state index contributed by atoms with van der Waals surface area (Å²) in [6.45, 7) is 0. The lowest BCUT2D eigenvalue weighted by molar-refractivity contribution is -0.137. The number of nitrogens with zero attached hydrogens (tertiary/aromatic N) is 1. The summed E-state index contributed by atoms with van der Waals surface area (Å²) >= 11 is 0.730. The Morgan fingerprint density at radius 2 is 2.14 bits per heavy atom. The first-order valence-electron chi connectivity index (χ1n) is 4.31. The van der Waals surface area contributed by atoms with Crippen LogP contribution >= 0.6 is 11.3 Å². The van der Waals surface area contributed by atoms with E-state index < -0.39 is 11.2 Å². The van der Waals surface area contributed by atoms with Crippen LogP contribution in [0, 0.1) is 0 Å². The van der Waals surface area contributed by atoms with Gasteiger partial charge >= 0.3 is 6.18 Å². The second-order valence-corrected chi connectivity index (χ2v) is 4.41. The second-order valence-electron chi connectivity index (χ2n) is 3.32. The van der Waals surface area contributed by atoms with E-state index in [-0.39, 0.29) is 6.04 Å². The van der Waals surface area contributed by atoms with Crippen molar-refractivity contribution in [2.45, 2.75) is 31.5 Å². The smallest absolute Gasteiger partial charge is 0.323 e. The highest BCUT2D eigenvalue weighted by molar-refractivity contribution is 7.11. The molecule has 1 atom stereocenters. The van der Waals surface area contributed by atoms with Gasteiger partial charge in [0.15, 0.2) is 5.01 Å². The fraction of sp³-hybridized carbons (Fsp3) is 0.625. The quantitative estimate of drug-likeness (QED) is 0.732. The SMILES string of the molecule is NC1CCCc2sc(C(F)(F)F)nc21. The number of hydrogen-bond donors (Lipinski definition) is 1. The Bertz CT molecular complexity index is 345. The molecular formula is C8H9F3N2S. The molecule has 0 fully saturated rings. The predicted molar refractivity (Wildman–Crippen MR) is 47.0 cm³/mol. The minimum atomic E-state index is -4.33. The standard InChI is InChI=1S/C8H9F3N2S/c9-8(10,11)7-13-6-4(12)2-1-3-5(6)14-7/h4H,1-3,12H2. The van der Waals surface area contributed by atoms with E-state index in [1.54, 1.807) is 0 Å². The highest BCUT2D eigenvalue weighted by Gasteiger charge is 2.37. The van der Waals surface area contributed by atoms with Crippen molar-refractivity contribution in [3.63, 3.8) is 0 Å². The van der Waals surface area contributed by atoms with Gasteiger partial charge in [-0.25, -0.2) is 4.98 Å². The minimum absolute atomic E-state index is 0.314. The topological polar surface area (TPSA) is 38.9 Å². The molecule has 1 aliphatic carbocycles. The molecule has 0 saturated heterocycles. The van der Waals surface area contributed by atoms with Crippen molar-refractivity contribution in [2.24, 2.45) is 5.73 Å². The Morgan fingerprint density at radius 1 is 1.43 bits per heavy atom. The predicted octanol–water partition coefficient (Wildman–Crippen LogP) is 2.50. The van der Waals surface area contributed by atoms with Crippen LogP contribution < -0.4 is 5.73 Å². The molecule has 0 spiro atoms. The van der Waals surface area contributed by atoms with Crippen LogP contribution in [0.1, 0.15) is 34.5 Å². The van der Waals surface area contributed by atoms with Gasteiger partial charge in [0.25, 0.3) is 0 Å². The molecule has 0 aliphatic heterocycles. The Morgan fingerprint density at radius 3 is 2.71 bits per heavy atom. The first-order chi connectivity index (χ1) is 6.48. The van der Waals surface area contributed by atoms with Crippen LogP contribution in [0.15, 0.2) is 0 Å². The highest BCUT2D eigenvalue weighted by Crippen LogP contribution is 2.38. The summed E-state index contributed by atoms with van der Waals surface area (Å²) in [5, 5.41) is -0.764. The maximum Gasteiger partial charge on any atom is 0.443 e. The molecule has 0 amide bonds. The lowest BCUT2D eigenvalue weighted by atomic mass is 9.99. The summed E-state index contributed by atoms with van der Waals surface area (Å²) in [4.78, 5) is 4.28. The number of thiazole rings is 1. The lowest BCUT2D eigenvalue weighted by Crippen LogP contribution is -2.17. The molecule has 0 bridgehead atoms. The second kappa shape index (κ2) is 3.20. The zero-order valence-corrected chi connectivity index (χ0v) is 8.08. The van der Waals surface area contributed by atoms with Gasteiger partial charge in [-0.1, -0.05) is 0 Å². The molecule has 0 saturated carbocycles. The molecule has 1 unspecified atom stereocenters. The molecule has 1 aromatic rings. The van der Waals surface area contributed by atoms with E-state index in [0.717, 1.165) is 24.2 Å². The number of hydrogen-bond acceptors (Lipinski definition) is 3. The molecule has 1 aliphatic rings. The number of fused-ring (bicyclic) bond motifs is 1. The Hall–Kier alpha value is -0.620. The Labute approximate surface area is 82.9 Å². The van der Waals surface area contributed by atoms with Gasteiger partial charge in [-0.15, -0.1) is 11.3 Å². The average molecular weight is 222 g/mol. The van der Waals surface area contributed by atoms with Gasteiger partial charge in [0.2, 0.25) is 0 Å². The summed E-state index contributed by atoms with van der Waals surface area (Å²) in [5.41, 5.74) is 6.13. The van der Waals surface area contributed by atoms with Gasteiger partial charge in [-0.2, -0.15) is 13.2 Å².